The molecule has 0 radical (unpaired) electrons. The molecule has 6 heteroatoms. The van der Waals surface area contributed by atoms with E-state index in [-0.39, 0.29) is 15.8 Å². The third-order valence-electron chi connectivity index (χ3n) is 4.83. The van der Waals surface area contributed by atoms with Crippen LogP contribution in [0.2, 0.25) is 5.21 Å². The molecular formula is C23H25AsN4S. The molecule has 0 aliphatic carbocycles. The summed E-state index contributed by atoms with van der Waals surface area (Å²) >= 11 is 2.09. The van der Waals surface area contributed by atoms with Gasteiger partial charge in [0, 0.05) is 0 Å². The number of hydrogen-bond acceptors (Lipinski definition) is 3. The molecule has 4 rings (SSSR count). The summed E-state index contributed by atoms with van der Waals surface area (Å²) in [7, 11) is 0. The summed E-state index contributed by atoms with van der Waals surface area (Å²) in [6.45, 7) is 6.87. The third-order valence-corrected chi connectivity index (χ3v) is 9.46. The first-order valence-electron chi connectivity index (χ1n) is 9.78. The van der Waals surface area contributed by atoms with Crippen LogP contribution in [0.3, 0.4) is 0 Å². The number of nitrogens with one attached hydrogen (secondary N) is 2. The van der Waals surface area contributed by atoms with E-state index < -0.39 is 0 Å². The van der Waals surface area contributed by atoms with E-state index >= 15 is 0 Å². The van der Waals surface area contributed by atoms with Gasteiger partial charge in [-0.3, -0.25) is 0 Å². The molecule has 29 heavy (non-hydrogen) atoms. The van der Waals surface area contributed by atoms with Crippen molar-refractivity contribution in [2.24, 2.45) is 0 Å². The Balaban J connectivity index is 1.56. The van der Waals surface area contributed by atoms with Crippen LogP contribution >= 0.6 is 11.8 Å². The summed E-state index contributed by atoms with van der Waals surface area (Å²) < 4.78 is 0.363. The minimum absolute atomic E-state index is 0.0163. The predicted octanol–water partition coefficient (Wildman–Crippen LogP) is 5.47. The van der Waals surface area contributed by atoms with Crippen LogP contribution < -0.4 is 0 Å². The molecule has 0 saturated heterocycles. The monoisotopic (exact) mass is 464 g/mol. The molecule has 1 unspecified atom stereocenters. The van der Waals surface area contributed by atoms with Gasteiger partial charge in [0.2, 0.25) is 0 Å². The van der Waals surface area contributed by atoms with E-state index in [9.17, 15) is 0 Å². The predicted molar refractivity (Wildman–Crippen MR) is 126 cm³/mol. The van der Waals surface area contributed by atoms with Gasteiger partial charge in [0.05, 0.1) is 0 Å². The number of thioether (sulfide) groups is 1. The third kappa shape index (κ3) is 4.55. The molecule has 0 amide bonds. The summed E-state index contributed by atoms with van der Waals surface area (Å²) in [5.74, 6) is 1.27. The summed E-state index contributed by atoms with van der Waals surface area (Å²) in [6, 6.07) is 16.6. The number of rotatable bonds is 6. The second-order valence-electron chi connectivity index (χ2n) is 8.14. The Kier molecular flexibility index (Phi) is 5.76. The molecule has 2 aromatic carbocycles. The number of fused-ring (bicyclic) bond motifs is 2. The first kappa shape index (κ1) is 20.1. The topological polar surface area (TPSA) is 68.3 Å². The summed E-state index contributed by atoms with van der Waals surface area (Å²) in [6.07, 6.45) is 0. The van der Waals surface area contributed by atoms with Crippen LogP contribution in [0.1, 0.15) is 31.9 Å². The fourth-order valence-electron chi connectivity index (χ4n) is 3.45. The first-order valence-corrected chi connectivity index (χ1v) is 13.7. The van der Waals surface area contributed by atoms with Gasteiger partial charge in [0.15, 0.2) is 0 Å². The average Bonchev–Trinajstić information content (AvgIpc) is 3.30. The van der Waals surface area contributed by atoms with E-state index in [2.05, 4.69) is 78.0 Å². The number of aromatic nitrogens is 3. The molecule has 0 saturated carbocycles. The van der Waals surface area contributed by atoms with Crippen LogP contribution in [0.5, 0.6) is 0 Å². The molecule has 2 N–H and O–H groups in total. The van der Waals surface area contributed by atoms with Crippen molar-refractivity contribution in [3.8, 4) is 17.5 Å². The molecule has 1 atom stereocenters. The van der Waals surface area contributed by atoms with Gasteiger partial charge >= 0.3 is 182 Å². The van der Waals surface area contributed by atoms with Gasteiger partial charge in [-0.2, -0.15) is 0 Å². The molecule has 0 aliphatic heterocycles. The van der Waals surface area contributed by atoms with Crippen LogP contribution in [0.25, 0.3) is 33.2 Å². The van der Waals surface area contributed by atoms with E-state index in [0.717, 1.165) is 27.8 Å². The Labute approximate surface area is 182 Å². The fourth-order valence-corrected chi connectivity index (χ4v) is 7.44. The quantitative estimate of drug-likeness (QED) is 0.294. The van der Waals surface area contributed by atoms with Crippen molar-refractivity contribution in [2.45, 2.75) is 35.9 Å². The maximum atomic E-state index is 9.10. The van der Waals surface area contributed by atoms with Gasteiger partial charge in [-0.05, 0) is 0 Å². The second kappa shape index (κ2) is 8.30. The second-order valence-corrected chi connectivity index (χ2v) is 12.9. The minimum atomic E-state index is 0.0163. The standard InChI is InChI=1S/C23H25AsN4S/c1-23(2,3)29-10-9-24-13-16-5-4-6-19-18(16)12-21(26-19)22-17-8-7-15(14-25)11-20(17)27-28-22/h4-8,11-12,24,26H,9-10,13H2,1-3H3,(H,27,28). The zero-order valence-electron chi connectivity index (χ0n) is 17.0. The molecule has 2 heterocycles. The SMILES string of the molecule is CC(C)(C)SCC[AsH]Cc1cccc2[nH]c(-c3n[nH]c4cc(C#N)ccc34)cc12. The number of benzene rings is 2. The van der Waals surface area contributed by atoms with E-state index in [1.165, 1.54) is 27.1 Å². The summed E-state index contributed by atoms with van der Waals surface area (Å²) in [5.41, 5.74) is 6.06. The molecular weight excluding hydrogens is 439 g/mol. The van der Waals surface area contributed by atoms with E-state index in [1.807, 2.05) is 18.2 Å². The molecule has 2 aromatic heterocycles. The molecule has 0 fully saturated rings. The Morgan fingerprint density at radius 1 is 1.10 bits per heavy atom. The van der Waals surface area contributed by atoms with E-state index in [4.69, 9.17) is 5.26 Å². The zero-order valence-corrected chi connectivity index (χ0v) is 19.9. The normalized spacial score (nSPS) is 12.3. The number of nitrogens with zero attached hydrogens (tertiary/aromatic N) is 2. The van der Waals surface area contributed by atoms with Gasteiger partial charge in [-0.15, -0.1) is 0 Å². The summed E-state index contributed by atoms with van der Waals surface area (Å²) in [4.78, 5) is 3.54. The van der Waals surface area contributed by atoms with Crippen LogP contribution in [-0.2, 0) is 5.21 Å². The number of H-pyrrole nitrogens is 2. The van der Waals surface area contributed by atoms with Gasteiger partial charge in [-0.1, -0.05) is 0 Å². The van der Waals surface area contributed by atoms with Gasteiger partial charge in [-0.25, -0.2) is 0 Å². The van der Waals surface area contributed by atoms with Crippen molar-refractivity contribution >= 4 is 49.3 Å². The van der Waals surface area contributed by atoms with Crippen LogP contribution in [0.15, 0.2) is 42.5 Å². The molecule has 0 spiro atoms. The van der Waals surface area contributed by atoms with Gasteiger partial charge in [0.25, 0.3) is 0 Å². The van der Waals surface area contributed by atoms with Crippen molar-refractivity contribution < 1.29 is 0 Å². The van der Waals surface area contributed by atoms with Crippen molar-refractivity contribution in [1.82, 2.24) is 15.2 Å². The Hall–Kier alpha value is -2.15. The fraction of sp³-hybridized carbons (Fsp3) is 0.304. The average molecular weight is 464 g/mol. The van der Waals surface area contributed by atoms with E-state index in [0.29, 0.717) is 10.3 Å². The van der Waals surface area contributed by atoms with Crippen LogP contribution in [0.4, 0.5) is 0 Å². The van der Waals surface area contributed by atoms with E-state index in [1.54, 1.807) is 0 Å². The molecule has 0 bridgehead atoms. The van der Waals surface area contributed by atoms with Gasteiger partial charge in [0.1, 0.15) is 0 Å². The first-order chi connectivity index (χ1) is 13.9. The molecule has 148 valence electrons. The maximum absolute atomic E-state index is 9.10. The number of nitriles is 1. The molecule has 4 aromatic rings. The Morgan fingerprint density at radius 2 is 1.97 bits per heavy atom. The van der Waals surface area contributed by atoms with Crippen LogP contribution in [0, 0.1) is 11.3 Å². The van der Waals surface area contributed by atoms with Crippen molar-refractivity contribution in [2.75, 3.05) is 5.75 Å². The zero-order chi connectivity index (χ0) is 20.4. The molecule has 4 nitrogen and oxygen atoms in total. The van der Waals surface area contributed by atoms with Crippen molar-refractivity contribution in [3.63, 3.8) is 0 Å². The number of aromatic amines is 2. The van der Waals surface area contributed by atoms with Crippen molar-refractivity contribution in [3.05, 3.63) is 53.6 Å². The number of hydrogen-bond donors (Lipinski definition) is 2. The Morgan fingerprint density at radius 3 is 2.76 bits per heavy atom. The van der Waals surface area contributed by atoms with Crippen LogP contribution in [-0.4, -0.2) is 41.4 Å². The Bertz CT molecular complexity index is 1190. The van der Waals surface area contributed by atoms with Gasteiger partial charge < -0.3 is 0 Å². The summed E-state index contributed by atoms with van der Waals surface area (Å²) in [5, 5.41) is 21.6. The van der Waals surface area contributed by atoms with Crippen molar-refractivity contribution in [1.29, 1.82) is 5.26 Å². The molecule has 0 aliphatic rings.